The van der Waals surface area contributed by atoms with Gasteiger partial charge < -0.3 is 19.8 Å². The van der Waals surface area contributed by atoms with E-state index in [0.29, 0.717) is 0 Å². The molecule has 0 fully saturated rings. The van der Waals surface area contributed by atoms with Gasteiger partial charge in [-0.2, -0.15) is 26.3 Å². The number of aromatic nitrogens is 1. The quantitative estimate of drug-likeness (QED) is 0.682. The van der Waals surface area contributed by atoms with Gasteiger partial charge in [-0.15, -0.1) is 0 Å². The van der Waals surface area contributed by atoms with E-state index in [-0.39, 0.29) is 0 Å². The van der Waals surface area contributed by atoms with Gasteiger partial charge in [0.15, 0.2) is 11.4 Å². The number of pyridine rings is 1. The van der Waals surface area contributed by atoms with Gasteiger partial charge in [-0.3, -0.25) is 4.21 Å². The van der Waals surface area contributed by atoms with Gasteiger partial charge in [-0.25, -0.2) is 4.98 Å². The Kier molecular flexibility index (Phi) is 5.28. The summed E-state index contributed by atoms with van der Waals surface area (Å²) in [6.45, 7) is 1.02. The van der Waals surface area contributed by atoms with Crippen molar-refractivity contribution in [2.24, 2.45) is 0 Å². The normalized spacial score (nSPS) is 13.6. The maximum atomic E-state index is 12.9. The van der Waals surface area contributed by atoms with E-state index < -0.39 is 68.3 Å². The number of carbonyl (C=O) groups is 2. The van der Waals surface area contributed by atoms with Crippen molar-refractivity contribution in [3.05, 3.63) is 22.5 Å². The van der Waals surface area contributed by atoms with E-state index in [4.69, 9.17) is 0 Å². The molecule has 1 atom stereocenters. The smallest absolute Gasteiger partial charge is 0.434 e. The lowest BCUT2D eigenvalue weighted by molar-refractivity contribution is -0.257. The van der Waals surface area contributed by atoms with Crippen molar-refractivity contribution >= 4 is 22.7 Å². The van der Waals surface area contributed by atoms with Crippen molar-refractivity contribution in [1.82, 2.24) is 4.98 Å². The number of alkyl halides is 6. The highest BCUT2D eigenvalue weighted by atomic mass is 32.2. The molecule has 1 unspecified atom stereocenters. The van der Waals surface area contributed by atoms with Crippen LogP contribution in [-0.2, 0) is 23.2 Å². The van der Waals surface area contributed by atoms with Crippen LogP contribution in [0.15, 0.2) is 4.90 Å². The average molecular weight is 377 g/mol. The molecule has 0 saturated heterocycles. The molecule has 1 rings (SSSR count). The molecular formula is C11H5F6NO5S-2. The summed E-state index contributed by atoms with van der Waals surface area (Å²) in [4.78, 5) is 22.3. The van der Waals surface area contributed by atoms with Crippen LogP contribution in [0, 0.1) is 0 Å². The second kappa shape index (κ2) is 6.37. The number of carboxylic acid groups (broad SMARTS) is 2. The van der Waals surface area contributed by atoms with Crippen LogP contribution in [0.25, 0.3) is 0 Å². The number of carboxylic acids is 2. The summed E-state index contributed by atoms with van der Waals surface area (Å²) in [6, 6.07) is 0. The first kappa shape index (κ1) is 19.9. The first-order valence-corrected chi connectivity index (χ1v) is 7.08. The first-order chi connectivity index (χ1) is 10.7. The number of nitrogens with zero attached hydrogens (tertiary/aromatic N) is 1. The summed E-state index contributed by atoms with van der Waals surface area (Å²) in [5.41, 5.74) is -9.18. The molecular weight excluding hydrogens is 372 g/mol. The molecule has 24 heavy (non-hydrogen) atoms. The lowest BCUT2D eigenvalue weighted by atomic mass is 10.1. The Balaban J connectivity index is 4.23. The molecule has 0 spiro atoms. The summed E-state index contributed by atoms with van der Waals surface area (Å²) in [6.07, 6.45) is -11.4. The summed E-state index contributed by atoms with van der Waals surface area (Å²) in [5.74, 6) is -6.02. The van der Waals surface area contributed by atoms with Gasteiger partial charge in [0, 0.05) is 16.9 Å². The molecule has 0 N–H and O–H groups in total. The Morgan fingerprint density at radius 1 is 0.958 bits per heavy atom. The van der Waals surface area contributed by atoms with Gasteiger partial charge in [0.05, 0.1) is 27.6 Å². The fourth-order valence-electron chi connectivity index (χ4n) is 1.72. The van der Waals surface area contributed by atoms with Crippen molar-refractivity contribution in [2.75, 3.05) is 5.75 Å². The Labute approximate surface area is 131 Å². The van der Waals surface area contributed by atoms with Crippen molar-refractivity contribution < 1.29 is 50.4 Å². The molecule has 0 radical (unpaired) electrons. The van der Waals surface area contributed by atoms with Crippen molar-refractivity contribution in [3.63, 3.8) is 0 Å². The van der Waals surface area contributed by atoms with E-state index in [2.05, 4.69) is 4.98 Å². The Morgan fingerprint density at radius 3 is 1.50 bits per heavy atom. The topological polar surface area (TPSA) is 110 Å². The Morgan fingerprint density at radius 2 is 1.29 bits per heavy atom. The van der Waals surface area contributed by atoms with Crippen molar-refractivity contribution in [3.8, 4) is 0 Å². The van der Waals surface area contributed by atoms with Crippen molar-refractivity contribution in [2.45, 2.75) is 24.2 Å². The van der Waals surface area contributed by atoms with Crippen LogP contribution in [0.5, 0.6) is 0 Å². The van der Waals surface area contributed by atoms with Crippen LogP contribution in [0.3, 0.4) is 0 Å². The molecule has 0 aliphatic heterocycles. The minimum absolute atomic E-state index is 0.667. The highest BCUT2D eigenvalue weighted by Crippen LogP contribution is 2.39. The van der Waals surface area contributed by atoms with Crippen LogP contribution in [0.2, 0.25) is 0 Å². The minimum atomic E-state index is -5.70. The molecule has 13 heteroatoms. The van der Waals surface area contributed by atoms with Gasteiger partial charge in [0.2, 0.25) is 0 Å². The monoisotopic (exact) mass is 377 g/mol. The third kappa shape index (κ3) is 3.66. The number of carbonyl (C=O) groups excluding carboxylic acids is 2. The standard InChI is InChI=1S/C11H7F6NO5S/c1-2-24(23)5-3(8(19)20)6(10(12,13)14)18-7(11(15,16)17)4(5)9(21)22/h2H2,1H3,(H,19,20)(H,21,22)/p-2. The van der Waals surface area contributed by atoms with Gasteiger partial charge in [-0.1, -0.05) is 6.92 Å². The molecule has 0 aromatic carbocycles. The molecule has 0 aliphatic carbocycles. The van der Waals surface area contributed by atoms with Gasteiger partial charge >= 0.3 is 12.4 Å². The lowest BCUT2D eigenvalue weighted by Crippen LogP contribution is -2.35. The SMILES string of the molecule is CCS(=O)c1c(C(=O)[O-])c(C(F)(F)F)nc(C(F)(F)F)c1C(=O)[O-]. The summed E-state index contributed by atoms with van der Waals surface area (Å²) >= 11 is 0. The molecule has 1 aromatic heterocycles. The first-order valence-electron chi connectivity index (χ1n) is 5.76. The summed E-state index contributed by atoms with van der Waals surface area (Å²) < 4.78 is 89.0. The van der Waals surface area contributed by atoms with Gasteiger partial charge in [0.25, 0.3) is 0 Å². The Hall–Kier alpha value is -2.18. The fraction of sp³-hybridized carbons (Fsp3) is 0.364. The predicted molar refractivity (Wildman–Crippen MR) is 59.9 cm³/mol. The summed E-state index contributed by atoms with van der Waals surface area (Å²) in [7, 11) is -2.83. The van der Waals surface area contributed by atoms with Gasteiger partial charge in [0.1, 0.15) is 0 Å². The molecule has 6 nitrogen and oxygen atoms in total. The molecule has 0 bridgehead atoms. The van der Waals surface area contributed by atoms with E-state index in [9.17, 15) is 50.4 Å². The number of hydrogen-bond acceptors (Lipinski definition) is 6. The third-order valence-electron chi connectivity index (χ3n) is 2.59. The second-order valence-corrected chi connectivity index (χ2v) is 5.77. The highest BCUT2D eigenvalue weighted by Gasteiger charge is 2.45. The minimum Gasteiger partial charge on any atom is -0.545 e. The van der Waals surface area contributed by atoms with Crippen LogP contribution < -0.4 is 10.2 Å². The van der Waals surface area contributed by atoms with E-state index >= 15 is 0 Å². The van der Waals surface area contributed by atoms with E-state index in [1.54, 1.807) is 0 Å². The molecule has 1 aromatic rings. The highest BCUT2D eigenvalue weighted by molar-refractivity contribution is 7.85. The Bertz CT molecular complexity index is 677. The van der Waals surface area contributed by atoms with Crippen LogP contribution in [-0.4, -0.2) is 26.9 Å². The van der Waals surface area contributed by atoms with Gasteiger partial charge in [-0.05, 0) is 0 Å². The molecule has 1 heterocycles. The third-order valence-corrected chi connectivity index (χ3v) is 3.97. The maximum Gasteiger partial charge on any atom is 0.434 e. The number of hydrogen-bond donors (Lipinski definition) is 0. The van der Waals surface area contributed by atoms with Crippen LogP contribution >= 0.6 is 0 Å². The van der Waals surface area contributed by atoms with Crippen molar-refractivity contribution in [1.29, 1.82) is 0 Å². The number of aromatic carboxylic acids is 2. The zero-order valence-corrected chi connectivity index (χ0v) is 12.2. The lowest BCUT2D eigenvalue weighted by Gasteiger charge is -2.23. The fourth-order valence-corrected chi connectivity index (χ4v) is 2.83. The molecule has 0 amide bonds. The maximum absolute atomic E-state index is 12.9. The molecule has 134 valence electrons. The zero-order chi connectivity index (χ0) is 19.0. The van der Waals surface area contributed by atoms with E-state index in [1.807, 2.05) is 0 Å². The molecule has 0 saturated carbocycles. The zero-order valence-electron chi connectivity index (χ0n) is 11.4. The summed E-state index contributed by atoms with van der Waals surface area (Å²) in [5, 5.41) is 21.9. The number of rotatable bonds is 4. The molecule has 0 aliphatic rings. The largest absolute Gasteiger partial charge is 0.545 e. The van der Waals surface area contributed by atoms with Crippen LogP contribution in [0.4, 0.5) is 26.3 Å². The van der Waals surface area contributed by atoms with Crippen LogP contribution in [0.1, 0.15) is 39.0 Å². The average Bonchev–Trinajstić information content (AvgIpc) is 2.41. The predicted octanol–water partition coefficient (Wildman–Crippen LogP) is -0.0263. The van der Waals surface area contributed by atoms with E-state index in [0.717, 1.165) is 6.92 Å². The second-order valence-electron chi connectivity index (χ2n) is 4.09. The van der Waals surface area contributed by atoms with E-state index in [1.165, 1.54) is 0 Å². The number of halogens is 6.